The first-order valence-corrected chi connectivity index (χ1v) is 7.44. The summed E-state index contributed by atoms with van der Waals surface area (Å²) in [6, 6.07) is 11.9. The number of benzene rings is 2. The van der Waals surface area contributed by atoms with Crippen LogP contribution in [0.15, 0.2) is 36.4 Å². The fourth-order valence-electron chi connectivity index (χ4n) is 2.86. The van der Waals surface area contributed by atoms with E-state index in [0.717, 1.165) is 42.6 Å². The van der Waals surface area contributed by atoms with Crippen LogP contribution in [-0.4, -0.2) is 49.4 Å². The Morgan fingerprint density at radius 3 is 3.00 bits per heavy atom. The molecule has 0 bridgehead atoms. The van der Waals surface area contributed by atoms with E-state index in [1.165, 1.54) is 0 Å². The minimum atomic E-state index is 0.223. The van der Waals surface area contributed by atoms with Crippen molar-refractivity contribution in [2.75, 3.05) is 33.3 Å². The summed E-state index contributed by atoms with van der Waals surface area (Å²) in [7, 11) is 2.12. The average molecular weight is 286 g/mol. The highest BCUT2D eigenvalue weighted by atomic mass is 16.5. The number of morpholine rings is 1. The number of hydrogen-bond acceptors (Lipinski definition) is 4. The normalized spacial score (nSPS) is 20.0. The van der Waals surface area contributed by atoms with Gasteiger partial charge in [0.2, 0.25) is 0 Å². The van der Waals surface area contributed by atoms with E-state index in [1.807, 2.05) is 18.2 Å². The Kier molecular flexibility index (Phi) is 4.39. The Labute approximate surface area is 125 Å². The van der Waals surface area contributed by atoms with Crippen LogP contribution >= 0.6 is 0 Å². The summed E-state index contributed by atoms with van der Waals surface area (Å²) in [5.74, 6) is 0.350. The van der Waals surface area contributed by atoms with Crippen LogP contribution in [0.2, 0.25) is 0 Å². The molecule has 1 fully saturated rings. The van der Waals surface area contributed by atoms with Gasteiger partial charge in [0.05, 0.1) is 12.7 Å². The summed E-state index contributed by atoms with van der Waals surface area (Å²) >= 11 is 0. The predicted octanol–water partition coefficient (Wildman–Crippen LogP) is 1.97. The van der Waals surface area contributed by atoms with Crippen LogP contribution in [0.1, 0.15) is 5.56 Å². The molecule has 3 rings (SSSR count). The van der Waals surface area contributed by atoms with Crippen LogP contribution in [0.3, 0.4) is 0 Å². The third-order valence-electron chi connectivity index (χ3n) is 4.03. The maximum Gasteiger partial charge on any atom is 0.120 e. The zero-order valence-corrected chi connectivity index (χ0v) is 12.4. The number of phenolic OH excluding ortho intramolecular Hbond substituents is 1. The van der Waals surface area contributed by atoms with Gasteiger partial charge in [0, 0.05) is 31.7 Å². The topological polar surface area (TPSA) is 44.7 Å². The lowest BCUT2D eigenvalue weighted by molar-refractivity contribution is -0.0182. The largest absolute Gasteiger partial charge is 0.508 e. The van der Waals surface area contributed by atoms with Gasteiger partial charge in [-0.15, -0.1) is 0 Å². The molecule has 4 heteroatoms. The van der Waals surface area contributed by atoms with E-state index >= 15 is 0 Å². The van der Waals surface area contributed by atoms with Gasteiger partial charge in [-0.25, -0.2) is 0 Å². The highest BCUT2D eigenvalue weighted by Gasteiger charge is 2.17. The molecule has 1 aliphatic rings. The van der Waals surface area contributed by atoms with Crippen molar-refractivity contribution >= 4 is 10.8 Å². The molecular formula is C17H22N2O2. The highest BCUT2D eigenvalue weighted by molar-refractivity contribution is 5.87. The minimum Gasteiger partial charge on any atom is -0.508 e. The van der Waals surface area contributed by atoms with Gasteiger partial charge in [-0.05, 0) is 23.9 Å². The predicted molar refractivity (Wildman–Crippen MR) is 84.6 cm³/mol. The molecule has 0 aromatic heterocycles. The van der Waals surface area contributed by atoms with Crippen LogP contribution in [-0.2, 0) is 11.3 Å². The molecule has 21 heavy (non-hydrogen) atoms. The number of aromatic hydroxyl groups is 1. The summed E-state index contributed by atoms with van der Waals surface area (Å²) in [5, 5.41) is 15.8. The molecule has 1 saturated heterocycles. The van der Waals surface area contributed by atoms with Crippen molar-refractivity contribution < 1.29 is 9.84 Å². The highest BCUT2D eigenvalue weighted by Crippen LogP contribution is 2.26. The first kappa shape index (κ1) is 14.3. The fourth-order valence-corrected chi connectivity index (χ4v) is 2.86. The molecule has 0 aliphatic carbocycles. The summed E-state index contributed by atoms with van der Waals surface area (Å²) < 4.78 is 5.74. The van der Waals surface area contributed by atoms with Crippen molar-refractivity contribution in [3.63, 3.8) is 0 Å². The van der Waals surface area contributed by atoms with Crippen molar-refractivity contribution in [2.45, 2.75) is 12.6 Å². The van der Waals surface area contributed by atoms with Crippen molar-refractivity contribution in [1.82, 2.24) is 10.2 Å². The van der Waals surface area contributed by atoms with E-state index in [1.54, 1.807) is 6.07 Å². The van der Waals surface area contributed by atoms with Crippen LogP contribution in [0, 0.1) is 0 Å². The van der Waals surface area contributed by atoms with Crippen molar-refractivity contribution in [2.24, 2.45) is 0 Å². The number of likely N-dealkylation sites (N-methyl/N-ethyl adjacent to an activating group) is 1. The van der Waals surface area contributed by atoms with Gasteiger partial charge in [0.1, 0.15) is 5.75 Å². The van der Waals surface area contributed by atoms with E-state index in [9.17, 15) is 5.11 Å². The second-order valence-electron chi connectivity index (χ2n) is 5.67. The number of nitrogens with zero attached hydrogens (tertiary/aromatic N) is 1. The number of hydrogen-bond donors (Lipinski definition) is 2. The second-order valence-corrected chi connectivity index (χ2v) is 5.67. The maximum absolute atomic E-state index is 10.1. The van der Waals surface area contributed by atoms with Crippen molar-refractivity contribution in [3.8, 4) is 5.75 Å². The molecule has 1 heterocycles. The van der Waals surface area contributed by atoms with Crippen LogP contribution in [0.4, 0.5) is 0 Å². The smallest absolute Gasteiger partial charge is 0.120 e. The van der Waals surface area contributed by atoms with E-state index in [4.69, 9.17) is 4.74 Å². The summed E-state index contributed by atoms with van der Waals surface area (Å²) in [6.45, 7) is 4.20. The third-order valence-corrected chi connectivity index (χ3v) is 4.03. The van der Waals surface area contributed by atoms with Gasteiger partial charge in [0.15, 0.2) is 0 Å². The molecule has 2 aromatic carbocycles. The Balaban J connectivity index is 1.66. The monoisotopic (exact) mass is 286 g/mol. The number of rotatable bonds is 4. The lowest BCUT2D eigenvalue weighted by Crippen LogP contribution is -2.44. The molecule has 0 radical (unpaired) electrons. The Bertz CT molecular complexity index is 615. The summed E-state index contributed by atoms with van der Waals surface area (Å²) in [4.78, 5) is 2.28. The number of ether oxygens (including phenoxy) is 1. The van der Waals surface area contributed by atoms with E-state index in [0.29, 0.717) is 12.3 Å². The Morgan fingerprint density at radius 2 is 2.14 bits per heavy atom. The average Bonchev–Trinajstić information content (AvgIpc) is 2.50. The second kappa shape index (κ2) is 6.43. The minimum absolute atomic E-state index is 0.223. The Hall–Kier alpha value is -1.62. The van der Waals surface area contributed by atoms with Gasteiger partial charge < -0.3 is 20.1 Å². The Morgan fingerprint density at radius 1 is 1.29 bits per heavy atom. The lowest BCUT2D eigenvalue weighted by Gasteiger charge is -2.30. The van der Waals surface area contributed by atoms with Gasteiger partial charge >= 0.3 is 0 Å². The molecule has 1 unspecified atom stereocenters. The first-order chi connectivity index (χ1) is 10.2. The zero-order chi connectivity index (χ0) is 14.7. The van der Waals surface area contributed by atoms with Gasteiger partial charge in [-0.1, -0.05) is 30.3 Å². The molecule has 0 spiro atoms. The number of phenols is 1. The quantitative estimate of drug-likeness (QED) is 0.902. The van der Waals surface area contributed by atoms with Crippen LogP contribution < -0.4 is 5.32 Å². The van der Waals surface area contributed by atoms with Crippen molar-refractivity contribution in [3.05, 3.63) is 42.0 Å². The van der Waals surface area contributed by atoms with Crippen molar-refractivity contribution in [1.29, 1.82) is 0 Å². The number of fused-ring (bicyclic) bond motifs is 1. The van der Waals surface area contributed by atoms with Gasteiger partial charge in [0.25, 0.3) is 0 Å². The molecule has 1 aliphatic heterocycles. The van der Waals surface area contributed by atoms with Gasteiger partial charge in [-0.3, -0.25) is 0 Å². The van der Waals surface area contributed by atoms with E-state index in [2.05, 4.69) is 29.4 Å². The fraction of sp³-hybridized carbons (Fsp3) is 0.412. The maximum atomic E-state index is 10.1. The molecule has 0 amide bonds. The number of nitrogens with one attached hydrogen (secondary N) is 1. The molecule has 112 valence electrons. The third kappa shape index (κ3) is 3.35. The lowest BCUT2D eigenvalue weighted by atomic mass is 10.0. The van der Waals surface area contributed by atoms with E-state index < -0.39 is 0 Å². The molecule has 4 nitrogen and oxygen atoms in total. The zero-order valence-electron chi connectivity index (χ0n) is 12.4. The summed E-state index contributed by atoms with van der Waals surface area (Å²) in [5.41, 5.74) is 0.956. The molecule has 2 aromatic rings. The van der Waals surface area contributed by atoms with Crippen LogP contribution in [0.5, 0.6) is 5.75 Å². The van der Waals surface area contributed by atoms with Crippen LogP contribution in [0.25, 0.3) is 10.8 Å². The first-order valence-electron chi connectivity index (χ1n) is 7.44. The van der Waals surface area contributed by atoms with E-state index in [-0.39, 0.29) is 6.10 Å². The van der Waals surface area contributed by atoms with Gasteiger partial charge in [-0.2, -0.15) is 0 Å². The SMILES string of the molecule is CN1CCOC(CNCc2c(O)ccc3ccccc23)C1. The molecular weight excluding hydrogens is 264 g/mol. The molecule has 0 saturated carbocycles. The molecule has 2 N–H and O–H groups in total. The summed E-state index contributed by atoms with van der Waals surface area (Å²) in [6.07, 6.45) is 0.223. The standard InChI is InChI=1S/C17H22N2O2/c1-19-8-9-21-14(12-19)10-18-11-16-15-5-3-2-4-13(15)6-7-17(16)20/h2-7,14,18,20H,8-12H2,1H3. The molecule has 1 atom stereocenters.